The summed E-state index contributed by atoms with van der Waals surface area (Å²) in [6, 6.07) is 0. The van der Waals surface area contributed by atoms with Crippen LogP contribution in [0.4, 0.5) is 0 Å². The van der Waals surface area contributed by atoms with Gasteiger partial charge in [-0.1, -0.05) is 13.8 Å². The Morgan fingerprint density at radius 2 is 2.16 bits per heavy atom. The van der Waals surface area contributed by atoms with Gasteiger partial charge in [0.25, 0.3) is 0 Å². The third kappa shape index (κ3) is 5.01. The topological polar surface area (TPSA) is 109 Å². The molecular formula is C12H18N4O3. The second-order valence-corrected chi connectivity index (χ2v) is 4.72. The average Bonchev–Trinajstić information content (AvgIpc) is 2.27. The van der Waals surface area contributed by atoms with E-state index in [1.165, 1.54) is 12.5 Å². The number of nitrogens with two attached hydrogens (primary N) is 1. The van der Waals surface area contributed by atoms with Gasteiger partial charge in [-0.25, -0.2) is 14.8 Å². The van der Waals surface area contributed by atoms with Crippen LogP contribution in [0.15, 0.2) is 12.5 Å². The van der Waals surface area contributed by atoms with Crippen molar-refractivity contribution in [1.29, 1.82) is 0 Å². The maximum Gasteiger partial charge on any atom is 0.339 e. The van der Waals surface area contributed by atoms with Crippen molar-refractivity contribution in [2.45, 2.75) is 20.4 Å². The Balaban J connectivity index is 2.89. The van der Waals surface area contributed by atoms with Gasteiger partial charge in [0.2, 0.25) is 5.91 Å². The van der Waals surface area contributed by atoms with Gasteiger partial charge in [-0.3, -0.25) is 9.69 Å². The van der Waals surface area contributed by atoms with Crippen LogP contribution >= 0.6 is 0 Å². The molecule has 1 aromatic rings. The van der Waals surface area contributed by atoms with E-state index in [4.69, 9.17) is 10.8 Å². The zero-order valence-electron chi connectivity index (χ0n) is 11.0. The normalized spacial score (nSPS) is 10.9. The molecule has 1 amide bonds. The molecule has 7 heteroatoms. The van der Waals surface area contributed by atoms with Crippen molar-refractivity contribution < 1.29 is 14.7 Å². The molecule has 0 spiro atoms. The van der Waals surface area contributed by atoms with Gasteiger partial charge in [-0.2, -0.15) is 0 Å². The molecule has 0 fully saturated rings. The molecule has 104 valence electrons. The summed E-state index contributed by atoms with van der Waals surface area (Å²) in [4.78, 5) is 31.5. The number of carboxylic acid groups (broad SMARTS) is 1. The number of carbonyl (C=O) groups excluding carboxylic acids is 1. The zero-order valence-corrected chi connectivity index (χ0v) is 11.0. The van der Waals surface area contributed by atoms with Crippen molar-refractivity contribution >= 4 is 11.9 Å². The van der Waals surface area contributed by atoms with E-state index in [1.54, 1.807) is 4.90 Å². The quantitative estimate of drug-likeness (QED) is 0.725. The minimum Gasteiger partial charge on any atom is -0.478 e. The van der Waals surface area contributed by atoms with E-state index in [9.17, 15) is 9.59 Å². The van der Waals surface area contributed by atoms with E-state index in [0.29, 0.717) is 18.2 Å². The van der Waals surface area contributed by atoms with E-state index in [2.05, 4.69) is 9.97 Å². The highest BCUT2D eigenvalue weighted by Gasteiger charge is 2.17. The first kappa shape index (κ1) is 15.0. The lowest BCUT2D eigenvalue weighted by Crippen LogP contribution is -2.36. The molecule has 0 aliphatic carbocycles. The van der Waals surface area contributed by atoms with E-state index < -0.39 is 11.9 Å². The minimum atomic E-state index is -1.08. The number of hydrogen-bond acceptors (Lipinski definition) is 5. The van der Waals surface area contributed by atoms with E-state index in [1.807, 2.05) is 13.8 Å². The third-order valence-electron chi connectivity index (χ3n) is 2.40. The molecule has 19 heavy (non-hydrogen) atoms. The highest BCUT2D eigenvalue weighted by atomic mass is 16.4. The van der Waals surface area contributed by atoms with Crippen molar-refractivity contribution in [2.75, 3.05) is 13.1 Å². The Morgan fingerprint density at radius 1 is 1.47 bits per heavy atom. The Kier molecular flexibility index (Phi) is 5.37. The number of rotatable bonds is 7. The molecular weight excluding hydrogens is 248 g/mol. The molecule has 0 atom stereocenters. The summed E-state index contributed by atoms with van der Waals surface area (Å²) in [6.45, 7) is 4.97. The minimum absolute atomic E-state index is 0.0423. The maximum atomic E-state index is 11.1. The van der Waals surface area contributed by atoms with E-state index >= 15 is 0 Å². The molecule has 0 bridgehead atoms. The van der Waals surface area contributed by atoms with E-state index in [-0.39, 0.29) is 18.7 Å². The molecule has 0 saturated heterocycles. The molecule has 3 N–H and O–H groups in total. The largest absolute Gasteiger partial charge is 0.478 e. The molecule has 1 aromatic heterocycles. The van der Waals surface area contributed by atoms with Gasteiger partial charge in [-0.15, -0.1) is 0 Å². The van der Waals surface area contributed by atoms with Crippen LogP contribution in [0.3, 0.4) is 0 Å². The summed E-state index contributed by atoms with van der Waals surface area (Å²) in [5, 5.41) is 9.05. The Morgan fingerprint density at radius 3 is 2.68 bits per heavy atom. The fourth-order valence-electron chi connectivity index (χ4n) is 1.79. The summed E-state index contributed by atoms with van der Waals surface area (Å²) < 4.78 is 0. The van der Waals surface area contributed by atoms with Gasteiger partial charge < -0.3 is 10.8 Å². The number of carboxylic acids is 1. The van der Waals surface area contributed by atoms with Gasteiger partial charge in [-0.05, 0) is 5.92 Å². The lowest BCUT2D eigenvalue weighted by Gasteiger charge is -2.22. The summed E-state index contributed by atoms with van der Waals surface area (Å²) >= 11 is 0. The van der Waals surface area contributed by atoms with Crippen LogP contribution in [0.25, 0.3) is 0 Å². The number of nitrogens with zero attached hydrogens (tertiary/aromatic N) is 3. The van der Waals surface area contributed by atoms with Crippen LogP contribution in [0.1, 0.15) is 29.9 Å². The molecule has 1 heterocycles. The summed E-state index contributed by atoms with van der Waals surface area (Å²) in [5.74, 6) is -1.21. The molecule has 0 unspecified atom stereocenters. The van der Waals surface area contributed by atoms with Crippen molar-refractivity contribution in [3.05, 3.63) is 23.8 Å². The van der Waals surface area contributed by atoms with Gasteiger partial charge in [0.1, 0.15) is 11.9 Å². The van der Waals surface area contributed by atoms with Crippen LogP contribution in [-0.4, -0.2) is 44.9 Å². The van der Waals surface area contributed by atoms with Crippen molar-refractivity contribution in [2.24, 2.45) is 11.7 Å². The molecule has 0 saturated carbocycles. The maximum absolute atomic E-state index is 11.1. The zero-order chi connectivity index (χ0) is 14.4. The SMILES string of the molecule is CC(C)CN(CC(N)=O)Cc1ncncc1C(=O)O. The van der Waals surface area contributed by atoms with E-state index in [0.717, 1.165) is 0 Å². The number of carbonyl (C=O) groups is 2. The molecule has 0 aliphatic heterocycles. The van der Waals surface area contributed by atoms with Gasteiger partial charge in [0.15, 0.2) is 0 Å². The lowest BCUT2D eigenvalue weighted by molar-refractivity contribution is -0.119. The van der Waals surface area contributed by atoms with Crippen LogP contribution in [0, 0.1) is 5.92 Å². The highest BCUT2D eigenvalue weighted by molar-refractivity contribution is 5.88. The Hall–Kier alpha value is -2.02. The summed E-state index contributed by atoms with van der Waals surface area (Å²) in [7, 11) is 0. The fourth-order valence-corrected chi connectivity index (χ4v) is 1.79. The molecule has 0 radical (unpaired) electrons. The number of aromatic carboxylic acids is 1. The second-order valence-electron chi connectivity index (χ2n) is 4.72. The molecule has 0 aromatic carbocycles. The smallest absolute Gasteiger partial charge is 0.339 e. The predicted molar refractivity (Wildman–Crippen MR) is 68.3 cm³/mol. The van der Waals surface area contributed by atoms with Gasteiger partial charge in [0, 0.05) is 19.3 Å². The molecule has 0 aliphatic rings. The number of hydrogen-bond donors (Lipinski definition) is 2. The fraction of sp³-hybridized carbons (Fsp3) is 0.500. The first-order valence-corrected chi connectivity index (χ1v) is 5.93. The predicted octanol–water partition coefficient (Wildman–Crippen LogP) is 0.118. The Labute approximate surface area is 111 Å². The Bertz CT molecular complexity index is 462. The van der Waals surface area contributed by atoms with Gasteiger partial charge in [0.05, 0.1) is 12.2 Å². The average molecular weight is 266 g/mol. The third-order valence-corrected chi connectivity index (χ3v) is 2.40. The van der Waals surface area contributed by atoms with Crippen molar-refractivity contribution in [3.8, 4) is 0 Å². The summed E-state index contributed by atoms with van der Waals surface area (Å²) in [5.41, 5.74) is 5.61. The lowest BCUT2D eigenvalue weighted by atomic mass is 10.1. The number of primary amides is 1. The van der Waals surface area contributed by atoms with Crippen LogP contribution in [0.5, 0.6) is 0 Å². The molecule has 1 rings (SSSR count). The first-order valence-electron chi connectivity index (χ1n) is 5.93. The highest BCUT2D eigenvalue weighted by Crippen LogP contribution is 2.09. The first-order chi connectivity index (χ1) is 8.90. The van der Waals surface area contributed by atoms with Gasteiger partial charge >= 0.3 is 5.97 Å². The number of aromatic nitrogens is 2. The van der Waals surface area contributed by atoms with Crippen molar-refractivity contribution in [1.82, 2.24) is 14.9 Å². The monoisotopic (exact) mass is 266 g/mol. The molecule has 7 nitrogen and oxygen atoms in total. The number of amides is 1. The summed E-state index contributed by atoms with van der Waals surface area (Å²) in [6.07, 6.45) is 2.54. The standard InChI is InChI=1S/C12H18N4O3/c1-8(2)4-16(6-11(13)17)5-10-9(12(18)19)3-14-7-15-10/h3,7-8H,4-6H2,1-2H3,(H2,13,17)(H,18,19). The van der Waals surface area contributed by atoms with Crippen LogP contribution in [0.2, 0.25) is 0 Å². The van der Waals surface area contributed by atoms with Crippen LogP contribution < -0.4 is 5.73 Å². The van der Waals surface area contributed by atoms with Crippen molar-refractivity contribution in [3.63, 3.8) is 0 Å². The second kappa shape index (κ2) is 6.79. The van der Waals surface area contributed by atoms with Crippen LogP contribution in [-0.2, 0) is 11.3 Å².